The largest absolute Gasteiger partial charge is 0.496 e. The molecule has 4 nitrogen and oxygen atoms in total. The van der Waals surface area contributed by atoms with Crippen LogP contribution in [0.25, 0.3) is 0 Å². The van der Waals surface area contributed by atoms with Crippen LogP contribution in [0.2, 0.25) is 5.02 Å². The summed E-state index contributed by atoms with van der Waals surface area (Å²) in [7, 11) is 4.80. The van der Waals surface area contributed by atoms with Gasteiger partial charge in [-0.2, -0.15) is 0 Å². The van der Waals surface area contributed by atoms with E-state index in [-0.39, 0.29) is 12.3 Å². The number of likely N-dealkylation sites (N-methyl/N-ethyl adjacent to an activating group) is 1. The van der Waals surface area contributed by atoms with Gasteiger partial charge >= 0.3 is 0 Å². The molecular weight excluding hydrogens is 242 g/mol. The van der Waals surface area contributed by atoms with Crippen molar-refractivity contribution in [2.75, 3.05) is 27.8 Å². The SMILES string of the molecule is CNCC(=O)c1c(COC)cc(Cl)cc1OC. The van der Waals surface area contributed by atoms with Crippen molar-refractivity contribution in [3.8, 4) is 5.75 Å². The Balaban J connectivity index is 3.25. The lowest BCUT2D eigenvalue weighted by Crippen LogP contribution is -2.20. The second kappa shape index (κ2) is 6.59. The van der Waals surface area contributed by atoms with Gasteiger partial charge in [-0.25, -0.2) is 0 Å². The zero-order chi connectivity index (χ0) is 12.8. The third-order valence-electron chi connectivity index (χ3n) is 2.28. The fourth-order valence-corrected chi connectivity index (χ4v) is 1.86. The fourth-order valence-electron chi connectivity index (χ4n) is 1.63. The van der Waals surface area contributed by atoms with Gasteiger partial charge in [0.25, 0.3) is 0 Å². The van der Waals surface area contributed by atoms with Gasteiger partial charge in [-0.1, -0.05) is 11.6 Å². The lowest BCUT2D eigenvalue weighted by molar-refractivity contribution is 0.0985. The number of Topliss-reactive ketones (excluding diaryl/α,β-unsaturated/α-hetero) is 1. The highest BCUT2D eigenvalue weighted by Crippen LogP contribution is 2.28. The molecule has 0 spiro atoms. The molecule has 94 valence electrons. The predicted molar refractivity (Wildman–Crippen MR) is 67.0 cm³/mol. The average molecular weight is 258 g/mol. The van der Waals surface area contributed by atoms with Gasteiger partial charge in [-0.05, 0) is 24.7 Å². The summed E-state index contributed by atoms with van der Waals surface area (Å²) in [5, 5.41) is 3.35. The first-order valence-corrected chi connectivity index (χ1v) is 5.55. The quantitative estimate of drug-likeness (QED) is 0.791. The van der Waals surface area contributed by atoms with Gasteiger partial charge in [0.1, 0.15) is 5.75 Å². The van der Waals surface area contributed by atoms with Crippen molar-refractivity contribution in [3.63, 3.8) is 0 Å². The number of carbonyl (C=O) groups is 1. The van der Waals surface area contributed by atoms with Crippen LogP contribution in [0, 0.1) is 0 Å². The Bertz CT molecular complexity index is 407. The molecule has 0 atom stereocenters. The van der Waals surface area contributed by atoms with Crippen molar-refractivity contribution >= 4 is 17.4 Å². The fraction of sp³-hybridized carbons (Fsp3) is 0.417. The van der Waals surface area contributed by atoms with Crippen LogP contribution in [0.15, 0.2) is 12.1 Å². The summed E-state index contributed by atoms with van der Waals surface area (Å²) in [4.78, 5) is 12.0. The number of ketones is 1. The van der Waals surface area contributed by atoms with Crippen molar-refractivity contribution in [1.29, 1.82) is 0 Å². The number of ether oxygens (including phenoxy) is 2. The Labute approximate surface area is 106 Å². The highest BCUT2D eigenvalue weighted by Gasteiger charge is 2.17. The maximum absolute atomic E-state index is 12.0. The van der Waals surface area contributed by atoms with Gasteiger partial charge in [-0.3, -0.25) is 4.79 Å². The summed E-state index contributed by atoms with van der Waals surface area (Å²) in [6.07, 6.45) is 0. The van der Waals surface area contributed by atoms with Crippen LogP contribution >= 0.6 is 11.6 Å². The zero-order valence-electron chi connectivity index (χ0n) is 10.2. The summed E-state index contributed by atoms with van der Waals surface area (Å²) in [5.74, 6) is 0.429. The predicted octanol–water partition coefficient (Wildman–Crippen LogP) is 1.90. The number of methoxy groups -OCH3 is 2. The molecule has 5 heteroatoms. The third-order valence-corrected chi connectivity index (χ3v) is 2.50. The van der Waals surface area contributed by atoms with Crippen LogP contribution in [0.3, 0.4) is 0 Å². The smallest absolute Gasteiger partial charge is 0.180 e. The molecule has 0 saturated carbocycles. The number of carbonyl (C=O) groups excluding carboxylic acids is 1. The van der Waals surface area contributed by atoms with Crippen LogP contribution in [0.4, 0.5) is 0 Å². The normalized spacial score (nSPS) is 10.4. The molecule has 0 amide bonds. The maximum atomic E-state index is 12.0. The van der Waals surface area contributed by atoms with E-state index in [9.17, 15) is 4.79 Å². The van der Waals surface area contributed by atoms with Gasteiger partial charge in [0, 0.05) is 12.1 Å². The van der Waals surface area contributed by atoms with Gasteiger partial charge in [0.15, 0.2) is 5.78 Å². The molecule has 1 rings (SSSR count). The maximum Gasteiger partial charge on any atom is 0.180 e. The van der Waals surface area contributed by atoms with E-state index in [1.165, 1.54) is 7.11 Å². The first-order valence-electron chi connectivity index (χ1n) is 5.17. The standard InChI is InChI=1S/C12H16ClNO3/c1-14-6-10(15)12-8(7-16-2)4-9(13)5-11(12)17-3/h4-5,14H,6-7H2,1-3H3. The highest BCUT2D eigenvalue weighted by atomic mass is 35.5. The number of benzene rings is 1. The van der Waals surface area contributed by atoms with E-state index < -0.39 is 0 Å². The molecule has 0 saturated heterocycles. The number of rotatable bonds is 6. The summed E-state index contributed by atoms with van der Waals surface area (Å²) in [6.45, 7) is 0.566. The molecule has 0 bridgehead atoms. The number of halogens is 1. The summed E-state index contributed by atoms with van der Waals surface area (Å²) in [6, 6.07) is 3.35. The van der Waals surface area contributed by atoms with Crippen molar-refractivity contribution in [3.05, 3.63) is 28.3 Å². The summed E-state index contributed by atoms with van der Waals surface area (Å²) in [5.41, 5.74) is 1.25. The molecule has 0 aliphatic carbocycles. The van der Waals surface area contributed by atoms with Crippen molar-refractivity contribution in [2.45, 2.75) is 6.61 Å². The molecular formula is C12H16ClNO3. The Morgan fingerprint density at radius 2 is 2.12 bits per heavy atom. The van der Waals surface area contributed by atoms with E-state index in [0.29, 0.717) is 22.9 Å². The van der Waals surface area contributed by atoms with Crippen LogP contribution < -0.4 is 10.1 Å². The molecule has 0 aromatic heterocycles. The number of hydrogen-bond acceptors (Lipinski definition) is 4. The van der Waals surface area contributed by atoms with Gasteiger partial charge in [-0.15, -0.1) is 0 Å². The van der Waals surface area contributed by atoms with E-state index in [1.54, 1.807) is 26.3 Å². The lowest BCUT2D eigenvalue weighted by atomic mass is 10.0. The molecule has 1 aromatic carbocycles. The van der Waals surface area contributed by atoms with Gasteiger partial charge < -0.3 is 14.8 Å². The second-order valence-electron chi connectivity index (χ2n) is 3.53. The number of nitrogens with one attached hydrogen (secondary N) is 1. The average Bonchev–Trinajstić information content (AvgIpc) is 2.28. The third kappa shape index (κ3) is 3.43. The lowest BCUT2D eigenvalue weighted by Gasteiger charge is -2.13. The Morgan fingerprint density at radius 1 is 1.41 bits per heavy atom. The van der Waals surface area contributed by atoms with Crippen molar-refractivity contribution < 1.29 is 14.3 Å². The summed E-state index contributed by atoms with van der Waals surface area (Å²) < 4.78 is 10.3. The minimum Gasteiger partial charge on any atom is -0.496 e. The molecule has 0 fully saturated rings. The topological polar surface area (TPSA) is 47.6 Å². The number of hydrogen-bond donors (Lipinski definition) is 1. The Kier molecular flexibility index (Phi) is 5.41. The van der Waals surface area contributed by atoms with E-state index in [2.05, 4.69) is 5.32 Å². The van der Waals surface area contributed by atoms with E-state index in [4.69, 9.17) is 21.1 Å². The molecule has 1 N–H and O–H groups in total. The molecule has 17 heavy (non-hydrogen) atoms. The van der Waals surface area contributed by atoms with Gasteiger partial charge in [0.05, 0.1) is 25.8 Å². The van der Waals surface area contributed by atoms with Crippen LogP contribution in [0.1, 0.15) is 15.9 Å². The van der Waals surface area contributed by atoms with Crippen molar-refractivity contribution in [1.82, 2.24) is 5.32 Å². The first kappa shape index (κ1) is 14.0. The van der Waals surface area contributed by atoms with Crippen molar-refractivity contribution in [2.24, 2.45) is 0 Å². The molecule has 0 aliphatic heterocycles. The first-order chi connectivity index (χ1) is 8.13. The summed E-state index contributed by atoms with van der Waals surface area (Å²) >= 11 is 5.96. The Morgan fingerprint density at radius 3 is 2.65 bits per heavy atom. The molecule has 0 heterocycles. The molecule has 0 unspecified atom stereocenters. The van der Waals surface area contributed by atoms with Crippen LogP contribution in [-0.2, 0) is 11.3 Å². The molecule has 0 radical (unpaired) electrons. The van der Waals surface area contributed by atoms with Gasteiger partial charge in [0.2, 0.25) is 0 Å². The van der Waals surface area contributed by atoms with E-state index in [0.717, 1.165) is 5.56 Å². The molecule has 0 aliphatic rings. The second-order valence-corrected chi connectivity index (χ2v) is 3.97. The Hall–Kier alpha value is -1.10. The monoisotopic (exact) mass is 257 g/mol. The minimum atomic E-state index is -0.0481. The highest BCUT2D eigenvalue weighted by molar-refractivity contribution is 6.31. The molecule has 1 aromatic rings. The minimum absolute atomic E-state index is 0.0481. The van der Waals surface area contributed by atoms with E-state index in [1.807, 2.05) is 0 Å². The van der Waals surface area contributed by atoms with Crippen LogP contribution in [-0.4, -0.2) is 33.6 Å². The van der Waals surface area contributed by atoms with Crippen LogP contribution in [0.5, 0.6) is 5.75 Å². The van der Waals surface area contributed by atoms with E-state index >= 15 is 0 Å². The zero-order valence-corrected chi connectivity index (χ0v) is 10.9.